The second-order valence-corrected chi connectivity index (χ2v) is 3.79. The molecule has 0 unspecified atom stereocenters. The van der Waals surface area contributed by atoms with E-state index in [0.717, 1.165) is 0 Å². The minimum atomic E-state index is -0.885. The van der Waals surface area contributed by atoms with E-state index in [-0.39, 0.29) is 24.1 Å². The lowest BCUT2D eigenvalue weighted by atomic mass is 10.2. The molecule has 1 aromatic heterocycles. The van der Waals surface area contributed by atoms with Gasteiger partial charge in [0.2, 0.25) is 0 Å². The SMILES string of the molecule is CC(C)NC(=O)c1ccc(CCC(=O)O)o1. The Kier molecular flexibility index (Phi) is 4.10. The molecule has 0 saturated heterocycles. The molecule has 5 heteroatoms. The number of carbonyl (C=O) groups excluding carboxylic acids is 1. The lowest BCUT2D eigenvalue weighted by Crippen LogP contribution is -2.29. The van der Waals surface area contributed by atoms with Crippen molar-refractivity contribution in [1.82, 2.24) is 5.32 Å². The van der Waals surface area contributed by atoms with Gasteiger partial charge in [0.05, 0.1) is 6.42 Å². The van der Waals surface area contributed by atoms with Crippen LogP contribution in [0, 0.1) is 0 Å². The number of aliphatic carboxylic acids is 1. The van der Waals surface area contributed by atoms with Gasteiger partial charge in [0.1, 0.15) is 5.76 Å². The number of carbonyl (C=O) groups is 2. The van der Waals surface area contributed by atoms with Gasteiger partial charge in [-0.05, 0) is 26.0 Å². The first-order valence-corrected chi connectivity index (χ1v) is 5.10. The second kappa shape index (κ2) is 5.34. The largest absolute Gasteiger partial charge is 0.481 e. The average Bonchev–Trinajstić information content (AvgIpc) is 2.61. The van der Waals surface area contributed by atoms with Crippen LogP contribution in [-0.2, 0) is 11.2 Å². The van der Waals surface area contributed by atoms with Gasteiger partial charge in [-0.15, -0.1) is 0 Å². The summed E-state index contributed by atoms with van der Waals surface area (Å²) in [4.78, 5) is 21.8. The fourth-order valence-corrected chi connectivity index (χ4v) is 1.20. The molecule has 5 nitrogen and oxygen atoms in total. The molecule has 0 atom stereocenters. The smallest absolute Gasteiger partial charge is 0.303 e. The summed E-state index contributed by atoms with van der Waals surface area (Å²) in [5, 5.41) is 11.2. The van der Waals surface area contributed by atoms with Crippen LogP contribution in [0.3, 0.4) is 0 Å². The van der Waals surface area contributed by atoms with E-state index >= 15 is 0 Å². The van der Waals surface area contributed by atoms with Crippen molar-refractivity contribution in [1.29, 1.82) is 0 Å². The summed E-state index contributed by atoms with van der Waals surface area (Å²) in [6.07, 6.45) is 0.295. The molecular formula is C11H15NO4. The van der Waals surface area contributed by atoms with Gasteiger partial charge in [0, 0.05) is 12.5 Å². The quantitative estimate of drug-likeness (QED) is 0.794. The Hall–Kier alpha value is -1.78. The van der Waals surface area contributed by atoms with Gasteiger partial charge in [-0.1, -0.05) is 0 Å². The Morgan fingerprint density at radius 2 is 2.12 bits per heavy atom. The molecule has 0 aliphatic carbocycles. The van der Waals surface area contributed by atoms with Crippen LogP contribution >= 0.6 is 0 Å². The van der Waals surface area contributed by atoms with Crippen molar-refractivity contribution in [3.63, 3.8) is 0 Å². The fourth-order valence-electron chi connectivity index (χ4n) is 1.20. The molecule has 1 amide bonds. The standard InChI is InChI=1S/C11H15NO4/c1-7(2)12-11(15)9-5-3-8(16-9)4-6-10(13)14/h3,5,7H,4,6H2,1-2H3,(H,12,15)(H,13,14). The topological polar surface area (TPSA) is 79.5 Å². The van der Waals surface area contributed by atoms with Gasteiger partial charge in [0.15, 0.2) is 5.76 Å². The van der Waals surface area contributed by atoms with Crippen molar-refractivity contribution < 1.29 is 19.1 Å². The van der Waals surface area contributed by atoms with Gasteiger partial charge >= 0.3 is 5.97 Å². The van der Waals surface area contributed by atoms with E-state index in [0.29, 0.717) is 12.2 Å². The summed E-state index contributed by atoms with van der Waals surface area (Å²) in [5.41, 5.74) is 0. The molecule has 2 N–H and O–H groups in total. The summed E-state index contributed by atoms with van der Waals surface area (Å²) >= 11 is 0. The molecule has 88 valence electrons. The molecule has 1 aromatic rings. The lowest BCUT2D eigenvalue weighted by molar-refractivity contribution is -0.137. The van der Waals surface area contributed by atoms with Gasteiger partial charge < -0.3 is 14.8 Å². The third-order valence-corrected chi connectivity index (χ3v) is 1.89. The van der Waals surface area contributed by atoms with E-state index < -0.39 is 5.97 Å². The van der Waals surface area contributed by atoms with E-state index in [1.165, 1.54) is 0 Å². The highest BCUT2D eigenvalue weighted by Gasteiger charge is 2.12. The number of carboxylic acid groups (broad SMARTS) is 1. The fraction of sp³-hybridized carbons (Fsp3) is 0.455. The summed E-state index contributed by atoms with van der Waals surface area (Å²) in [6.45, 7) is 3.71. The number of amides is 1. The normalized spacial score (nSPS) is 10.4. The van der Waals surface area contributed by atoms with Gasteiger partial charge in [-0.25, -0.2) is 0 Å². The number of hydrogen-bond donors (Lipinski definition) is 2. The van der Waals surface area contributed by atoms with Crippen LogP contribution in [0.4, 0.5) is 0 Å². The molecule has 0 radical (unpaired) electrons. The van der Waals surface area contributed by atoms with Gasteiger partial charge in [-0.3, -0.25) is 9.59 Å². The first-order chi connectivity index (χ1) is 7.49. The van der Waals surface area contributed by atoms with Crippen LogP contribution < -0.4 is 5.32 Å². The van der Waals surface area contributed by atoms with Crippen LogP contribution in [0.1, 0.15) is 36.6 Å². The Morgan fingerprint density at radius 3 is 2.69 bits per heavy atom. The number of nitrogens with one attached hydrogen (secondary N) is 1. The number of furan rings is 1. The summed E-state index contributed by atoms with van der Waals surface area (Å²) in [5.74, 6) is -0.438. The minimum Gasteiger partial charge on any atom is -0.481 e. The number of rotatable bonds is 5. The second-order valence-electron chi connectivity index (χ2n) is 3.79. The maximum Gasteiger partial charge on any atom is 0.303 e. The highest BCUT2D eigenvalue weighted by Crippen LogP contribution is 2.10. The maximum atomic E-state index is 11.5. The zero-order chi connectivity index (χ0) is 12.1. The Labute approximate surface area is 93.4 Å². The van der Waals surface area contributed by atoms with Crippen LogP contribution in [-0.4, -0.2) is 23.0 Å². The highest BCUT2D eigenvalue weighted by atomic mass is 16.4. The zero-order valence-electron chi connectivity index (χ0n) is 9.32. The highest BCUT2D eigenvalue weighted by molar-refractivity contribution is 5.91. The van der Waals surface area contributed by atoms with Crippen LogP contribution in [0.15, 0.2) is 16.5 Å². The molecule has 0 saturated carbocycles. The zero-order valence-corrected chi connectivity index (χ0v) is 9.32. The first kappa shape index (κ1) is 12.3. The van der Waals surface area contributed by atoms with Crippen LogP contribution in [0.2, 0.25) is 0 Å². The maximum absolute atomic E-state index is 11.5. The monoisotopic (exact) mass is 225 g/mol. The van der Waals surface area contributed by atoms with Crippen molar-refractivity contribution in [2.75, 3.05) is 0 Å². The van der Waals surface area contributed by atoms with E-state index in [9.17, 15) is 9.59 Å². The van der Waals surface area contributed by atoms with Crippen molar-refractivity contribution in [2.45, 2.75) is 32.7 Å². The van der Waals surface area contributed by atoms with Crippen molar-refractivity contribution in [2.24, 2.45) is 0 Å². The van der Waals surface area contributed by atoms with Crippen LogP contribution in [0.25, 0.3) is 0 Å². The summed E-state index contributed by atoms with van der Waals surface area (Å²) in [6, 6.07) is 3.22. The molecule has 0 bridgehead atoms. The predicted molar refractivity (Wildman–Crippen MR) is 57.3 cm³/mol. The van der Waals surface area contributed by atoms with Gasteiger partial charge in [0.25, 0.3) is 5.91 Å². The van der Waals surface area contributed by atoms with E-state index in [4.69, 9.17) is 9.52 Å². The number of carboxylic acids is 1. The minimum absolute atomic E-state index is 0.00124. The summed E-state index contributed by atoms with van der Waals surface area (Å²) < 4.78 is 5.22. The Morgan fingerprint density at radius 1 is 1.44 bits per heavy atom. The molecule has 0 spiro atoms. The third kappa shape index (κ3) is 3.76. The van der Waals surface area contributed by atoms with Crippen molar-refractivity contribution in [3.8, 4) is 0 Å². The van der Waals surface area contributed by atoms with Crippen molar-refractivity contribution >= 4 is 11.9 Å². The van der Waals surface area contributed by atoms with E-state index in [2.05, 4.69) is 5.32 Å². The molecule has 16 heavy (non-hydrogen) atoms. The lowest BCUT2D eigenvalue weighted by Gasteiger charge is -2.05. The van der Waals surface area contributed by atoms with E-state index in [1.807, 2.05) is 13.8 Å². The average molecular weight is 225 g/mol. The third-order valence-electron chi connectivity index (χ3n) is 1.89. The Balaban J connectivity index is 2.57. The first-order valence-electron chi connectivity index (χ1n) is 5.10. The summed E-state index contributed by atoms with van der Waals surface area (Å²) in [7, 11) is 0. The molecule has 1 heterocycles. The molecule has 0 aromatic carbocycles. The molecule has 0 fully saturated rings. The predicted octanol–water partition coefficient (Wildman–Crippen LogP) is 1.44. The molecule has 0 aliphatic rings. The van der Waals surface area contributed by atoms with E-state index in [1.54, 1.807) is 12.1 Å². The van der Waals surface area contributed by atoms with Gasteiger partial charge in [-0.2, -0.15) is 0 Å². The molecular weight excluding hydrogens is 210 g/mol. The molecule has 0 aliphatic heterocycles. The van der Waals surface area contributed by atoms with Crippen LogP contribution in [0.5, 0.6) is 0 Å². The molecule has 1 rings (SSSR count). The Bertz CT molecular complexity index is 381. The number of aryl methyl sites for hydroxylation is 1. The number of hydrogen-bond acceptors (Lipinski definition) is 3. The van der Waals surface area contributed by atoms with Crippen molar-refractivity contribution in [3.05, 3.63) is 23.7 Å².